The van der Waals surface area contributed by atoms with Crippen LogP contribution >= 0.6 is 0 Å². The number of ether oxygens (including phenoxy) is 3. The van der Waals surface area contributed by atoms with Crippen molar-refractivity contribution in [2.75, 3.05) is 25.1 Å². The van der Waals surface area contributed by atoms with Crippen LogP contribution < -0.4 is 9.64 Å². The molecule has 2 atom stereocenters. The number of anilines is 1. The lowest BCUT2D eigenvalue weighted by Gasteiger charge is -2.36. The van der Waals surface area contributed by atoms with Crippen molar-refractivity contribution in [1.29, 1.82) is 0 Å². The Morgan fingerprint density at radius 2 is 1.62 bits per heavy atom. The van der Waals surface area contributed by atoms with Crippen molar-refractivity contribution < 1.29 is 50.1 Å². The van der Waals surface area contributed by atoms with Gasteiger partial charge >= 0.3 is 24.5 Å². The molecule has 1 aliphatic heterocycles. The summed E-state index contributed by atoms with van der Waals surface area (Å²) in [5.41, 5.74) is -1.27. The van der Waals surface area contributed by atoms with Crippen LogP contribution in [-0.4, -0.2) is 48.9 Å². The molecule has 1 aliphatic carbocycles. The van der Waals surface area contributed by atoms with Gasteiger partial charge in [-0.15, -0.1) is 0 Å². The molecule has 0 aromatic heterocycles. The number of nitrogens with zero attached hydrogens (tertiary/aromatic N) is 2. The zero-order chi connectivity index (χ0) is 36.0. The number of allylic oxidation sites excluding steroid dienone is 1. The number of cyclic esters (lactones) is 1. The second kappa shape index (κ2) is 13.2. The Balaban J connectivity index is 1.76. The molecule has 0 bridgehead atoms. The third kappa shape index (κ3) is 8.20. The van der Waals surface area contributed by atoms with Gasteiger partial charge in [-0.1, -0.05) is 13.8 Å². The smallest absolute Gasteiger partial charge is 0.416 e. The first-order valence-corrected chi connectivity index (χ1v) is 15.7. The van der Waals surface area contributed by atoms with E-state index in [1.54, 1.807) is 39.8 Å². The number of hydrogen-bond acceptors (Lipinski definition) is 5. The minimum atomic E-state index is -5.04. The van der Waals surface area contributed by atoms with Gasteiger partial charge in [0, 0.05) is 24.3 Å². The van der Waals surface area contributed by atoms with Gasteiger partial charge in [0.15, 0.2) is 0 Å². The zero-order valence-corrected chi connectivity index (χ0v) is 28.4. The van der Waals surface area contributed by atoms with Crippen molar-refractivity contribution in [2.24, 2.45) is 5.41 Å². The highest BCUT2D eigenvalue weighted by molar-refractivity contribution is 5.89. The summed E-state index contributed by atoms with van der Waals surface area (Å²) in [6.07, 6.45) is -10.9. The third-order valence-corrected chi connectivity index (χ3v) is 8.61. The lowest BCUT2D eigenvalue weighted by Crippen LogP contribution is -2.37. The number of alkyl halides is 6. The molecular formula is C35H42F6N2O5. The molecule has 48 heavy (non-hydrogen) atoms. The van der Waals surface area contributed by atoms with Crippen molar-refractivity contribution >= 4 is 23.4 Å². The summed E-state index contributed by atoms with van der Waals surface area (Å²) in [6.45, 7) is 13.2. The number of hydrogen-bond donors (Lipinski definition) is 0. The number of rotatable bonds is 7. The van der Waals surface area contributed by atoms with E-state index in [1.807, 2.05) is 13.0 Å². The van der Waals surface area contributed by atoms with Gasteiger partial charge in [0.25, 0.3) is 0 Å². The topological polar surface area (TPSA) is 68.3 Å². The highest BCUT2D eigenvalue weighted by Gasteiger charge is 2.44. The molecule has 2 amide bonds. The van der Waals surface area contributed by atoms with Crippen molar-refractivity contribution in [1.82, 2.24) is 4.90 Å². The van der Waals surface area contributed by atoms with Gasteiger partial charge in [0.1, 0.15) is 17.5 Å². The summed E-state index contributed by atoms with van der Waals surface area (Å²) in [6, 6.07) is 5.68. The maximum absolute atomic E-state index is 13.6. The summed E-state index contributed by atoms with van der Waals surface area (Å²) in [4.78, 5) is 29.2. The van der Waals surface area contributed by atoms with Gasteiger partial charge in [0.05, 0.1) is 24.3 Å². The molecule has 0 radical (unpaired) electrons. The monoisotopic (exact) mass is 684 g/mol. The molecule has 4 rings (SSSR count). The van der Waals surface area contributed by atoms with E-state index >= 15 is 0 Å². The number of amides is 2. The van der Waals surface area contributed by atoms with Crippen LogP contribution in [0.3, 0.4) is 0 Å². The summed E-state index contributed by atoms with van der Waals surface area (Å²) in [7, 11) is 1.52. The van der Waals surface area contributed by atoms with E-state index in [4.69, 9.17) is 14.2 Å². The molecule has 0 saturated carbocycles. The first kappa shape index (κ1) is 36.9. The van der Waals surface area contributed by atoms with Crippen LogP contribution in [0.4, 0.5) is 41.6 Å². The SMILES string of the molecule is CCN(C(=O)OC(C)(C)C)c1ccc(OC)c(C2=C(CN3C(=O)O[C@H](c4cc(C(F)(F)F)cc(C(F)(F)F)c4)[C@@H]3C)CC(C)(C)CC2)c1. The van der Waals surface area contributed by atoms with Gasteiger partial charge in [0.2, 0.25) is 0 Å². The second-order valence-corrected chi connectivity index (χ2v) is 14.0. The highest BCUT2D eigenvalue weighted by atomic mass is 19.4. The van der Waals surface area contributed by atoms with Crippen molar-refractivity contribution in [3.63, 3.8) is 0 Å². The van der Waals surface area contributed by atoms with Crippen LogP contribution in [0.1, 0.15) is 96.1 Å². The summed E-state index contributed by atoms with van der Waals surface area (Å²) in [5, 5.41) is 0. The number of benzene rings is 2. The summed E-state index contributed by atoms with van der Waals surface area (Å²) >= 11 is 0. The first-order chi connectivity index (χ1) is 22.0. The highest BCUT2D eigenvalue weighted by Crippen LogP contribution is 2.47. The fourth-order valence-corrected chi connectivity index (χ4v) is 6.23. The van der Waals surface area contributed by atoms with Crippen molar-refractivity contribution in [3.8, 4) is 5.75 Å². The fourth-order valence-electron chi connectivity index (χ4n) is 6.23. The molecule has 0 N–H and O–H groups in total. The quantitative estimate of drug-likeness (QED) is 0.272. The Bertz CT molecular complexity index is 1540. The maximum Gasteiger partial charge on any atom is 0.416 e. The molecule has 2 aliphatic rings. The number of carbonyl (C=O) groups is 2. The van der Waals surface area contributed by atoms with Gasteiger partial charge in [-0.2, -0.15) is 26.3 Å². The Labute approximate surface area is 276 Å². The molecular weight excluding hydrogens is 642 g/mol. The van der Waals surface area contributed by atoms with Crippen molar-refractivity contribution in [3.05, 3.63) is 64.2 Å². The van der Waals surface area contributed by atoms with Crippen LogP contribution in [0.25, 0.3) is 5.57 Å². The van der Waals surface area contributed by atoms with E-state index in [2.05, 4.69) is 13.8 Å². The van der Waals surface area contributed by atoms with E-state index < -0.39 is 59.0 Å². The molecule has 1 fully saturated rings. The lowest BCUT2D eigenvalue weighted by atomic mass is 9.72. The first-order valence-electron chi connectivity index (χ1n) is 15.7. The predicted octanol–water partition coefficient (Wildman–Crippen LogP) is 10.0. The van der Waals surface area contributed by atoms with Crippen LogP contribution in [-0.2, 0) is 21.8 Å². The zero-order valence-electron chi connectivity index (χ0n) is 28.4. The van der Waals surface area contributed by atoms with Crippen LogP contribution in [0.5, 0.6) is 5.75 Å². The Hall–Kier alpha value is -3.90. The second-order valence-electron chi connectivity index (χ2n) is 14.0. The largest absolute Gasteiger partial charge is 0.496 e. The average Bonchev–Trinajstić information content (AvgIpc) is 3.23. The van der Waals surface area contributed by atoms with E-state index in [0.717, 1.165) is 17.6 Å². The van der Waals surface area contributed by atoms with Crippen LogP contribution in [0.15, 0.2) is 42.0 Å². The molecule has 13 heteroatoms. The molecule has 1 heterocycles. The molecule has 264 valence electrons. The molecule has 0 unspecified atom stereocenters. The molecule has 2 aromatic rings. The molecule has 7 nitrogen and oxygen atoms in total. The number of carbonyl (C=O) groups excluding carboxylic acids is 2. The van der Waals surface area contributed by atoms with E-state index in [0.29, 0.717) is 48.5 Å². The normalized spacial score (nSPS) is 20.1. The van der Waals surface area contributed by atoms with E-state index in [9.17, 15) is 35.9 Å². The maximum atomic E-state index is 13.6. The minimum absolute atomic E-state index is 0.0251. The Kier molecular flexibility index (Phi) is 10.1. The average molecular weight is 685 g/mol. The van der Waals surface area contributed by atoms with Gasteiger partial charge in [-0.25, -0.2) is 9.59 Å². The van der Waals surface area contributed by atoms with Gasteiger partial charge in [-0.3, -0.25) is 9.80 Å². The van der Waals surface area contributed by atoms with Crippen LogP contribution in [0.2, 0.25) is 0 Å². The Morgan fingerprint density at radius 3 is 2.15 bits per heavy atom. The Morgan fingerprint density at radius 1 is 1.02 bits per heavy atom. The fraction of sp³-hybridized carbons (Fsp3) is 0.543. The third-order valence-electron chi connectivity index (χ3n) is 8.61. The lowest BCUT2D eigenvalue weighted by molar-refractivity contribution is -0.143. The van der Waals surface area contributed by atoms with E-state index in [1.165, 1.54) is 16.9 Å². The number of methoxy groups -OCH3 is 1. The van der Waals surface area contributed by atoms with Gasteiger partial charge in [-0.05, 0) is 112 Å². The van der Waals surface area contributed by atoms with Gasteiger partial charge < -0.3 is 14.2 Å². The number of halogens is 6. The molecule has 0 spiro atoms. The minimum Gasteiger partial charge on any atom is -0.496 e. The van der Waals surface area contributed by atoms with Crippen molar-refractivity contribution in [2.45, 2.75) is 97.8 Å². The van der Waals surface area contributed by atoms with Crippen LogP contribution in [0, 0.1) is 5.41 Å². The summed E-state index contributed by atoms with van der Waals surface area (Å²) < 4.78 is 98.4. The standard InChI is InChI=1S/C35H42F6N2O5/c1-9-42(31(45)48-32(3,4)5)25-10-11-28(46-8)27(17-25)26-12-13-33(6,7)18-22(26)19-43-20(2)29(47-30(43)44)21-14-23(34(36,37)38)16-24(15-21)35(39,40)41/h10-11,14-17,20,29H,9,12-13,18-19H2,1-8H3/t20-,29-/m0/s1. The van der Waals surface area contributed by atoms with E-state index in [-0.39, 0.29) is 18.0 Å². The predicted molar refractivity (Wildman–Crippen MR) is 169 cm³/mol. The molecule has 2 aromatic carbocycles. The summed E-state index contributed by atoms with van der Waals surface area (Å²) in [5.74, 6) is 0.532. The molecule has 1 saturated heterocycles.